The quantitative estimate of drug-likeness (QED) is 0.603. The van der Waals surface area contributed by atoms with Crippen molar-refractivity contribution >= 4 is 29.3 Å². The number of aromatic nitrogens is 3. The van der Waals surface area contributed by atoms with Gasteiger partial charge in [0.05, 0.1) is 18.4 Å². The Balaban J connectivity index is 1.55. The zero-order valence-corrected chi connectivity index (χ0v) is 15.0. The average Bonchev–Trinajstić information content (AvgIpc) is 3.39. The standard InChI is InChI=1S/C17H20N4O3S/c1-3-21-15(11-4-5-11)19-20-17(21)25-10-14(22)18-13-8-6-12(7-9-13)16(23)24-2/h6-9,11H,3-5,10H2,1-2H3,(H,18,22). The predicted octanol–water partition coefficient (Wildman–Crippen LogP) is 2.69. The smallest absolute Gasteiger partial charge is 0.337 e. The van der Waals surface area contributed by atoms with Crippen LogP contribution in [0.4, 0.5) is 5.69 Å². The number of amides is 1. The Hall–Kier alpha value is -2.35. The Bertz CT molecular complexity index is 769. The number of methoxy groups -OCH3 is 1. The third kappa shape index (κ3) is 4.19. The van der Waals surface area contributed by atoms with Crippen LogP contribution in [0.2, 0.25) is 0 Å². The minimum absolute atomic E-state index is 0.130. The maximum absolute atomic E-state index is 12.1. The van der Waals surface area contributed by atoms with Crippen molar-refractivity contribution in [1.29, 1.82) is 0 Å². The highest BCUT2D eigenvalue weighted by Gasteiger charge is 2.30. The van der Waals surface area contributed by atoms with E-state index in [1.54, 1.807) is 24.3 Å². The maximum atomic E-state index is 12.1. The first-order valence-electron chi connectivity index (χ1n) is 8.16. The molecular weight excluding hydrogens is 340 g/mol. The van der Waals surface area contributed by atoms with Crippen molar-refractivity contribution in [3.05, 3.63) is 35.7 Å². The SMILES string of the molecule is CCn1c(SCC(=O)Nc2ccc(C(=O)OC)cc2)nnc1C1CC1. The molecule has 0 saturated heterocycles. The number of thioether (sulfide) groups is 1. The molecule has 2 aromatic rings. The number of carbonyl (C=O) groups excluding carboxylic acids is 2. The van der Waals surface area contributed by atoms with Crippen LogP contribution < -0.4 is 5.32 Å². The number of benzene rings is 1. The molecule has 1 fully saturated rings. The Morgan fingerprint density at radius 1 is 1.28 bits per heavy atom. The highest BCUT2D eigenvalue weighted by atomic mass is 32.2. The van der Waals surface area contributed by atoms with Gasteiger partial charge in [0.25, 0.3) is 0 Å². The largest absolute Gasteiger partial charge is 0.465 e. The van der Waals surface area contributed by atoms with Gasteiger partial charge in [0.1, 0.15) is 5.82 Å². The molecule has 1 aliphatic carbocycles. The lowest BCUT2D eigenvalue weighted by Crippen LogP contribution is -2.15. The minimum Gasteiger partial charge on any atom is -0.465 e. The first kappa shape index (κ1) is 17.5. The molecule has 1 aromatic heterocycles. The fourth-order valence-electron chi connectivity index (χ4n) is 2.48. The first-order chi connectivity index (χ1) is 12.1. The molecule has 1 aliphatic rings. The number of carbonyl (C=O) groups is 2. The fourth-order valence-corrected chi connectivity index (χ4v) is 3.29. The van der Waals surface area contributed by atoms with Crippen LogP contribution in [0.1, 0.15) is 41.9 Å². The lowest BCUT2D eigenvalue weighted by molar-refractivity contribution is -0.113. The lowest BCUT2D eigenvalue weighted by atomic mass is 10.2. The van der Waals surface area contributed by atoms with Gasteiger partial charge in [0, 0.05) is 18.2 Å². The third-order valence-corrected chi connectivity index (χ3v) is 4.89. The normalized spacial score (nSPS) is 13.5. The van der Waals surface area contributed by atoms with E-state index in [0.29, 0.717) is 17.2 Å². The van der Waals surface area contributed by atoms with E-state index in [-0.39, 0.29) is 11.7 Å². The molecule has 0 unspecified atom stereocenters. The summed E-state index contributed by atoms with van der Waals surface area (Å²) in [5.74, 6) is 1.28. The summed E-state index contributed by atoms with van der Waals surface area (Å²) < 4.78 is 6.73. The molecule has 0 bridgehead atoms. The van der Waals surface area contributed by atoms with Crippen LogP contribution in [0.5, 0.6) is 0 Å². The van der Waals surface area contributed by atoms with E-state index in [0.717, 1.165) is 17.5 Å². The molecule has 25 heavy (non-hydrogen) atoms. The average molecular weight is 360 g/mol. The highest BCUT2D eigenvalue weighted by molar-refractivity contribution is 7.99. The number of rotatable bonds is 7. The van der Waals surface area contributed by atoms with Crippen LogP contribution in [0.3, 0.4) is 0 Å². The summed E-state index contributed by atoms with van der Waals surface area (Å²) >= 11 is 1.38. The van der Waals surface area contributed by atoms with Crippen molar-refractivity contribution in [3.63, 3.8) is 0 Å². The molecule has 1 N–H and O–H groups in total. The van der Waals surface area contributed by atoms with Gasteiger partial charge in [-0.2, -0.15) is 0 Å². The van der Waals surface area contributed by atoms with Gasteiger partial charge in [-0.1, -0.05) is 11.8 Å². The zero-order chi connectivity index (χ0) is 17.8. The van der Waals surface area contributed by atoms with E-state index in [4.69, 9.17) is 0 Å². The summed E-state index contributed by atoms with van der Waals surface area (Å²) in [5.41, 5.74) is 1.08. The van der Waals surface area contributed by atoms with E-state index < -0.39 is 5.97 Å². The molecule has 0 atom stereocenters. The van der Waals surface area contributed by atoms with E-state index >= 15 is 0 Å². The van der Waals surface area contributed by atoms with Crippen molar-refractivity contribution in [1.82, 2.24) is 14.8 Å². The van der Waals surface area contributed by atoms with Crippen molar-refractivity contribution in [2.75, 3.05) is 18.2 Å². The fraction of sp³-hybridized carbons (Fsp3) is 0.412. The summed E-state index contributed by atoms with van der Waals surface area (Å²) in [6, 6.07) is 6.58. The van der Waals surface area contributed by atoms with Gasteiger partial charge < -0.3 is 14.6 Å². The van der Waals surface area contributed by atoms with E-state index in [9.17, 15) is 9.59 Å². The van der Waals surface area contributed by atoms with E-state index in [1.807, 2.05) is 0 Å². The third-order valence-electron chi connectivity index (χ3n) is 3.93. The molecule has 1 amide bonds. The van der Waals surface area contributed by atoms with E-state index in [1.165, 1.54) is 31.7 Å². The molecule has 3 rings (SSSR count). The van der Waals surface area contributed by atoms with Crippen molar-refractivity contribution in [3.8, 4) is 0 Å². The maximum Gasteiger partial charge on any atom is 0.337 e. The number of hydrogen-bond acceptors (Lipinski definition) is 6. The number of nitrogens with zero attached hydrogens (tertiary/aromatic N) is 3. The van der Waals surface area contributed by atoms with Crippen LogP contribution in [0.15, 0.2) is 29.4 Å². The van der Waals surface area contributed by atoms with Gasteiger partial charge in [-0.3, -0.25) is 4.79 Å². The summed E-state index contributed by atoms with van der Waals surface area (Å²) in [7, 11) is 1.33. The molecular formula is C17H20N4O3S. The molecule has 1 heterocycles. The van der Waals surface area contributed by atoms with Crippen molar-refractivity contribution < 1.29 is 14.3 Å². The molecule has 132 valence electrons. The Kier molecular flexibility index (Phi) is 5.37. The number of ether oxygens (including phenoxy) is 1. The molecule has 8 heteroatoms. The number of nitrogens with one attached hydrogen (secondary N) is 1. The van der Waals surface area contributed by atoms with Crippen LogP contribution in [-0.2, 0) is 16.1 Å². The minimum atomic E-state index is -0.404. The highest BCUT2D eigenvalue weighted by Crippen LogP contribution is 2.39. The second kappa shape index (κ2) is 7.69. The van der Waals surface area contributed by atoms with E-state index in [2.05, 4.69) is 31.7 Å². The Labute approximate surface area is 150 Å². The van der Waals surface area contributed by atoms with Gasteiger partial charge in [0.2, 0.25) is 5.91 Å². The lowest BCUT2D eigenvalue weighted by Gasteiger charge is -2.07. The summed E-state index contributed by atoms with van der Waals surface area (Å²) in [5, 5.41) is 12.1. The molecule has 0 spiro atoms. The Morgan fingerprint density at radius 3 is 2.60 bits per heavy atom. The van der Waals surface area contributed by atoms with Gasteiger partial charge in [-0.05, 0) is 44.0 Å². The van der Waals surface area contributed by atoms with Crippen LogP contribution in [0.25, 0.3) is 0 Å². The Morgan fingerprint density at radius 2 is 2.00 bits per heavy atom. The zero-order valence-electron chi connectivity index (χ0n) is 14.2. The molecule has 1 aromatic carbocycles. The van der Waals surface area contributed by atoms with Gasteiger partial charge >= 0.3 is 5.97 Å². The molecule has 0 aliphatic heterocycles. The summed E-state index contributed by atoms with van der Waals surface area (Å²) in [6.45, 7) is 2.86. The van der Waals surface area contributed by atoms with Crippen molar-refractivity contribution in [2.45, 2.75) is 37.4 Å². The molecule has 7 nitrogen and oxygen atoms in total. The first-order valence-corrected chi connectivity index (χ1v) is 9.15. The monoisotopic (exact) mass is 360 g/mol. The topological polar surface area (TPSA) is 86.1 Å². The number of hydrogen-bond donors (Lipinski definition) is 1. The van der Waals surface area contributed by atoms with Gasteiger partial charge in [0.15, 0.2) is 5.16 Å². The van der Waals surface area contributed by atoms with Crippen LogP contribution in [-0.4, -0.2) is 39.5 Å². The second-order valence-corrected chi connectivity index (χ2v) is 6.71. The van der Waals surface area contributed by atoms with Crippen LogP contribution in [0, 0.1) is 0 Å². The van der Waals surface area contributed by atoms with Crippen LogP contribution >= 0.6 is 11.8 Å². The van der Waals surface area contributed by atoms with Gasteiger partial charge in [-0.15, -0.1) is 10.2 Å². The summed E-state index contributed by atoms with van der Waals surface area (Å²) in [4.78, 5) is 23.5. The second-order valence-electron chi connectivity index (χ2n) is 5.77. The molecule has 0 radical (unpaired) electrons. The number of anilines is 1. The summed E-state index contributed by atoms with van der Waals surface area (Å²) in [6.07, 6.45) is 2.34. The van der Waals surface area contributed by atoms with Gasteiger partial charge in [-0.25, -0.2) is 4.79 Å². The molecule has 1 saturated carbocycles. The predicted molar refractivity (Wildman–Crippen MR) is 94.8 cm³/mol. The van der Waals surface area contributed by atoms with Crippen molar-refractivity contribution in [2.24, 2.45) is 0 Å². The number of esters is 1.